The number of aryl methyl sites for hydroxylation is 1. The number of pyridine rings is 1. The summed E-state index contributed by atoms with van der Waals surface area (Å²) in [5.41, 5.74) is 3.37. The number of hydrogen-bond acceptors (Lipinski definition) is 3. The first-order valence-electron chi connectivity index (χ1n) is 5.60. The van der Waals surface area contributed by atoms with Crippen LogP contribution in [0.5, 0.6) is 0 Å². The molecule has 2 aromatic heterocycles. The number of fused-ring (bicyclic) bond motifs is 1. The Labute approximate surface area is 104 Å². The van der Waals surface area contributed by atoms with Crippen molar-refractivity contribution < 1.29 is 0 Å². The molecule has 4 heteroatoms. The fraction of sp³-hybridized carbons (Fsp3) is 0.0714. The summed E-state index contributed by atoms with van der Waals surface area (Å²) >= 11 is 0. The van der Waals surface area contributed by atoms with Gasteiger partial charge in [-0.3, -0.25) is 0 Å². The molecule has 0 N–H and O–H groups in total. The van der Waals surface area contributed by atoms with Gasteiger partial charge in [-0.25, -0.2) is 9.67 Å². The van der Waals surface area contributed by atoms with Crippen molar-refractivity contribution in [1.29, 1.82) is 5.26 Å². The zero-order chi connectivity index (χ0) is 12.5. The molecule has 0 spiro atoms. The Kier molecular flexibility index (Phi) is 2.31. The number of benzene rings is 1. The van der Waals surface area contributed by atoms with Crippen LogP contribution in [0.3, 0.4) is 0 Å². The van der Waals surface area contributed by atoms with Gasteiger partial charge in [0.15, 0.2) is 0 Å². The van der Waals surface area contributed by atoms with Crippen LogP contribution < -0.4 is 0 Å². The van der Waals surface area contributed by atoms with Crippen molar-refractivity contribution in [2.45, 2.75) is 6.92 Å². The number of nitrogens with zero attached hydrogens (tertiary/aromatic N) is 4. The standard InChI is InChI=1S/C14H10N4/c1-10-3-6-13-12(5-4-11(9-15)17-13)14(10)18-8-2-7-16-18/h2-8H,1H3. The summed E-state index contributed by atoms with van der Waals surface area (Å²) in [6, 6.07) is 11.5. The van der Waals surface area contributed by atoms with Gasteiger partial charge in [-0.05, 0) is 36.8 Å². The summed E-state index contributed by atoms with van der Waals surface area (Å²) in [5.74, 6) is 0. The Balaban J connectivity index is 2.37. The Morgan fingerprint density at radius 3 is 2.83 bits per heavy atom. The molecule has 0 saturated carbocycles. The van der Waals surface area contributed by atoms with E-state index in [1.165, 1.54) is 0 Å². The normalized spacial score (nSPS) is 10.4. The predicted molar refractivity (Wildman–Crippen MR) is 68.3 cm³/mol. The lowest BCUT2D eigenvalue weighted by atomic mass is 10.1. The van der Waals surface area contributed by atoms with E-state index in [1.807, 2.05) is 42.1 Å². The van der Waals surface area contributed by atoms with E-state index in [0.29, 0.717) is 5.69 Å². The van der Waals surface area contributed by atoms with Crippen LogP contribution >= 0.6 is 0 Å². The van der Waals surface area contributed by atoms with Gasteiger partial charge in [0, 0.05) is 17.8 Å². The SMILES string of the molecule is Cc1ccc2nc(C#N)ccc2c1-n1cccn1. The van der Waals surface area contributed by atoms with Crippen LogP contribution in [-0.2, 0) is 0 Å². The van der Waals surface area contributed by atoms with Gasteiger partial charge in [0.25, 0.3) is 0 Å². The van der Waals surface area contributed by atoms with Crippen molar-refractivity contribution in [2.24, 2.45) is 0 Å². The van der Waals surface area contributed by atoms with E-state index in [9.17, 15) is 0 Å². The van der Waals surface area contributed by atoms with Crippen molar-refractivity contribution in [2.75, 3.05) is 0 Å². The summed E-state index contributed by atoms with van der Waals surface area (Å²) in [7, 11) is 0. The van der Waals surface area contributed by atoms with Crippen molar-refractivity contribution in [3.05, 3.63) is 54.0 Å². The maximum atomic E-state index is 8.87. The summed E-state index contributed by atoms with van der Waals surface area (Å²) in [5, 5.41) is 14.1. The summed E-state index contributed by atoms with van der Waals surface area (Å²) in [6.07, 6.45) is 3.65. The van der Waals surface area contributed by atoms with Gasteiger partial charge in [-0.2, -0.15) is 10.4 Å². The molecule has 0 aliphatic heterocycles. The molecule has 0 amide bonds. The Hall–Kier alpha value is -2.67. The van der Waals surface area contributed by atoms with Crippen LogP contribution in [0.25, 0.3) is 16.6 Å². The van der Waals surface area contributed by atoms with E-state index in [2.05, 4.69) is 16.2 Å². The molecule has 86 valence electrons. The second-order valence-corrected chi connectivity index (χ2v) is 4.06. The minimum Gasteiger partial charge on any atom is -0.240 e. The third-order valence-electron chi connectivity index (χ3n) is 2.89. The van der Waals surface area contributed by atoms with Gasteiger partial charge in [0.1, 0.15) is 11.8 Å². The molecule has 2 heterocycles. The topological polar surface area (TPSA) is 54.5 Å². The second-order valence-electron chi connectivity index (χ2n) is 4.06. The van der Waals surface area contributed by atoms with Crippen molar-refractivity contribution in [3.63, 3.8) is 0 Å². The van der Waals surface area contributed by atoms with Crippen molar-refractivity contribution in [1.82, 2.24) is 14.8 Å². The van der Waals surface area contributed by atoms with E-state index in [-0.39, 0.29) is 0 Å². The highest BCUT2D eigenvalue weighted by molar-refractivity contribution is 5.89. The highest BCUT2D eigenvalue weighted by atomic mass is 15.3. The third kappa shape index (κ3) is 1.54. The van der Waals surface area contributed by atoms with Crippen LogP contribution in [0, 0.1) is 18.3 Å². The van der Waals surface area contributed by atoms with Gasteiger partial charge in [0.05, 0.1) is 11.2 Å². The lowest BCUT2D eigenvalue weighted by Crippen LogP contribution is -1.99. The lowest BCUT2D eigenvalue weighted by molar-refractivity contribution is 0.880. The molecule has 3 rings (SSSR count). The van der Waals surface area contributed by atoms with Crippen LogP contribution in [0.1, 0.15) is 11.3 Å². The highest BCUT2D eigenvalue weighted by Crippen LogP contribution is 2.24. The number of aromatic nitrogens is 3. The molecule has 0 bridgehead atoms. The first kappa shape index (κ1) is 10.5. The van der Waals surface area contributed by atoms with Gasteiger partial charge < -0.3 is 0 Å². The number of rotatable bonds is 1. The van der Waals surface area contributed by atoms with E-state index in [4.69, 9.17) is 5.26 Å². The van der Waals surface area contributed by atoms with E-state index in [1.54, 1.807) is 12.3 Å². The van der Waals surface area contributed by atoms with Gasteiger partial charge in [-0.15, -0.1) is 0 Å². The first-order chi connectivity index (χ1) is 8.79. The molecule has 1 aromatic carbocycles. The van der Waals surface area contributed by atoms with Gasteiger partial charge in [-0.1, -0.05) is 6.07 Å². The maximum Gasteiger partial charge on any atom is 0.141 e. The minimum absolute atomic E-state index is 0.428. The van der Waals surface area contributed by atoms with Crippen LogP contribution in [0.4, 0.5) is 0 Å². The Morgan fingerprint density at radius 1 is 1.22 bits per heavy atom. The van der Waals surface area contributed by atoms with E-state index in [0.717, 1.165) is 22.2 Å². The summed E-state index contributed by atoms with van der Waals surface area (Å²) < 4.78 is 1.82. The van der Waals surface area contributed by atoms with Gasteiger partial charge in [0.2, 0.25) is 0 Å². The fourth-order valence-corrected chi connectivity index (χ4v) is 2.06. The Morgan fingerprint density at radius 2 is 2.11 bits per heavy atom. The molecular formula is C14H10N4. The quantitative estimate of drug-likeness (QED) is 0.650. The third-order valence-corrected chi connectivity index (χ3v) is 2.89. The largest absolute Gasteiger partial charge is 0.240 e. The lowest BCUT2D eigenvalue weighted by Gasteiger charge is -2.09. The fourth-order valence-electron chi connectivity index (χ4n) is 2.06. The smallest absolute Gasteiger partial charge is 0.141 e. The monoisotopic (exact) mass is 234 g/mol. The molecule has 0 atom stereocenters. The molecule has 0 unspecified atom stereocenters. The second kappa shape index (κ2) is 3.97. The first-order valence-corrected chi connectivity index (χ1v) is 5.60. The minimum atomic E-state index is 0.428. The van der Waals surface area contributed by atoms with Crippen LogP contribution in [0.15, 0.2) is 42.7 Å². The Bertz CT molecular complexity index is 751. The van der Waals surface area contributed by atoms with Gasteiger partial charge >= 0.3 is 0 Å². The molecule has 0 aliphatic carbocycles. The molecule has 0 aliphatic rings. The molecule has 0 fully saturated rings. The van der Waals surface area contributed by atoms with E-state index < -0.39 is 0 Å². The molecular weight excluding hydrogens is 224 g/mol. The molecule has 4 nitrogen and oxygen atoms in total. The average Bonchev–Trinajstić information content (AvgIpc) is 2.91. The molecule has 0 radical (unpaired) electrons. The summed E-state index contributed by atoms with van der Waals surface area (Å²) in [4.78, 5) is 4.30. The summed E-state index contributed by atoms with van der Waals surface area (Å²) in [6.45, 7) is 2.04. The van der Waals surface area contributed by atoms with E-state index >= 15 is 0 Å². The molecule has 3 aromatic rings. The predicted octanol–water partition coefficient (Wildman–Crippen LogP) is 2.60. The van der Waals surface area contributed by atoms with Crippen LogP contribution in [0.2, 0.25) is 0 Å². The number of hydrogen-bond donors (Lipinski definition) is 0. The molecule has 18 heavy (non-hydrogen) atoms. The zero-order valence-corrected chi connectivity index (χ0v) is 9.83. The molecule has 0 saturated heterocycles. The van der Waals surface area contributed by atoms with Crippen molar-refractivity contribution >= 4 is 10.9 Å². The zero-order valence-electron chi connectivity index (χ0n) is 9.83. The van der Waals surface area contributed by atoms with Crippen LogP contribution in [-0.4, -0.2) is 14.8 Å². The highest BCUT2D eigenvalue weighted by Gasteiger charge is 2.08. The van der Waals surface area contributed by atoms with Crippen molar-refractivity contribution in [3.8, 4) is 11.8 Å². The average molecular weight is 234 g/mol. The number of nitriles is 1. The maximum absolute atomic E-state index is 8.87.